The van der Waals surface area contributed by atoms with Gasteiger partial charge in [0.15, 0.2) is 6.04 Å². The number of halogens is 2. The Morgan fingerprint density at radius 1 is 1.38 bits per heavy atom. The number of anilines is 2. The summed E-state index contributed by atoms with van der Waals surface area (Å²) in [5.74, 6) is -1.90. The van der Waals surface area contributed by atoms with Gasteiger partial charge < -0.3 is 20.7 Å². The van der Waals surface area contributed by atoms with Crippen LogP contribution in [0.2, 0.25) is 0 Å². The van der Waals surface area contributed by atoms with E-state index in [0.29, 0.717) is 18.8 Å². The lowest BCUT2D eigenvalue weighted by atomic mass is 10.1. The molecule has 2 aliphatic rings. The van der Waals surface area contributed by atoms with Gasteiger partial charge in [0.1, 0.15) is 6.61 Å². The molecule has 1 aliphatic carbocycles. The van der Waals surface area contributed by atoms with Gasteiger partial charge in [-0.1, -0.05) is 6.92 Å². The molecule has 0 unspecified atom stereocenters. The van der Waals surface area contributed by atoms with Crippen LogP contribution in [-0.4, -0.2) is 61.0 Å². The Kier molecular flexibility index (Phi) is 6.43. The number of likely N-dealkylation sites (N-methyl/N-ethyl adjacent to an activating group) is 1. The molecule has 0 spiro atoms. The first-order valence-electron chi connectivity index (χ1n) is 9.49. The van der Waals surface area contributed by atoms with Crippen LogP contribution in [0.1, 0.15) is 31.8 Å². The molecule has 1 aliphatic heterocycles. The van der Waals surface area contributed by atoms with Crippen molar-refractivity contribution in [3.63, 3.8) is 0 Å². The van der Waals surface area contributed by atoms with Gasteiger partial charge in [0.05, 0.1) is 6.61 Å². The number of nitrogens with zero attached hydrogens (tertiary/aromatic N) is 2. The summed E-state index contributed by atoms with van der Waals surface area (Å²) in [4.78, 5) is 39.6. The number of alkyl halides is 2. The summed E-state index contributed by atoms with van der Waals surface area (Å²) in [5, 5.41) is 2.42. The van der Waals surface area contributed by atoms with Crippen LogP contribution in [0, 0.1) is 0 Å². The summed E-state index contributed by atoms with van der Waals surface area (Å²) < 4.78 is 32.4. The first-order valence-corrected chi connectivity index (χ1v) is 9.49. The number of benzene rings is 1. The number of carbonyl (C=O) groups is 3. The molecule has 3 rings (SSSR count). The predicted molar refractivity (Wildman–Crippen MR) is 102 cm³/mol. The molecular formula is C19H24F2N4O4. The Morgan fingerprint density at radius 2 is 2.10 bits per heavy atom. The number of hydrogen-bond acceptors (Lipinski definition) is 5. The van der Waals surface area contributed by atoms with Gasteiger partial charge in [-0.15, -0.1) is 0 Å². The van der Waals surface area contributed by atoms with Crippen LogP contribution in [0.5, 0.6) is 0 Å². The van der Waals surface area contributed by atoms with Gasteiger partial charge in [0.25, 0.3) is 18.2 Å². The Morgan fingerprint density at radius 3 is 2.66 bits per heavy atom. The third-order valence-electron chi connectivity index (χ3n) is 5.06. The van der Waals surface area contributed by atoms with Crippen LogP contribution in [0.25, 0.3) is 0 Å². The number of rotatable bonds is 8. The highest BCUT2D eigenvalue weighted by atomic mass is 19.3. The molecule has 1 heterocycles. The molecule has 2 fully saturated rings. The molecule has 0 radical (unpaired) electrons. The minimum absolute atomic E-state index is 0.0903. The average Bonchev–Trinajstić information content (AvgIpc) is 3.51. The number of amides is 3. The van der Waals surface area contributed by atoms with Crippen LogP contribution in [0.3, 0.4) is 0 Å². The molecule has 0 aromatic heterocycles. The molecule has 1 saturated heterocycles. The Bertz CT molecular complexity index is 800. The van der Waals surface area contributed by atoms with Crippen molar-refractivity contribution in [2.45, 2.75) is 38.3 Å². The van der Waals surface area contributed by atoms with Crippen LogP contribution in [0.15, 0.2) is 18.2 Å². The van der Waals surface area contributed by atoms with E-state index in [-0.39, 0.29) is 30.8 Å². The number of primary amides is 1. The minimum atomic E-state index is -2.89. The van der Waals surface area contributed by atoms with Gasteiger partial charge in [-0.3, -0.25) is 19.3 Å². The standard InChI is InChI=1S/C19H24F2N4O4/c1-2-24(11-3-4-11)16(18(22)27)19(28)23-14-6-5-12(9-13(14)17(20)21)25-7-8-29-10-15(25)26/h5-6,9,11,16-17H,2-4,7-8,10H2,1H3,(H2,22,27)(H,23,28)/t16-/m0/s1. The molecule has 3 N–H and O–H groups in total. The van der Waals surface area contributed by atoms with Crippen LogP contribution in [-0.2, 0) is 19.1 Å². The summed E-state index contributed by atoms with van der Waals surface area (Å²) in [7, 11) is 0. The molecule has 1 aromatic rings. The lowest BCUT2D eigenvalue weighted by Gasteiger charge is -2.29. The third kappa shape index (κ3) is 4.70. The molecule has 0 bridgehead atoms. The number of morpholine rings is 1. The topological polar surface area (TPSA) is 105 Å². The van der Waals surface area contributed by atoms with E-state index in [0.717, 1.165) is 12.8 Å². The van der Waals surface area contributed by atoms with E-state index in [1.165, 1.54) is 23.1 Å². The highest BCUT2D eigenvalue weighted by molar-refractivity contribution is 6.10. The van der Waals surface area contributed by atoms with Gasteiger partial charge >= 0.3 is 0 Å². The molecule has 1 saturated carbocycles. The number of nitrogens with two attached hydrogens (primary N) is 1. The lowest BCUT2D eigenvalue weighted by molar-refractivity contribution is -0.132. The number of hydrogen-bond donors (Lipinski definition) is 2. The van der Waals surface area contributed by atoms with E-state index < -0.39 is 29.8 Å². The maximum atomic E-state index is 13.7. The Balaban J connectivity index is 1.84. The molecular weight excluding hydrogens is 386 g/mol. The highest BCUT2D eigenvalue weighted by Gasteiger charge is 2.39. The van der Waals surface area contributed by atoms with Crippen molar-refractivity contribution in [2.75, 3.05) is 36.5 Å². The zero-order valence-electron chi connectivity index (χ0n) is 16.1. The number of nitrogens with one attached hydrogen (secondary N) is 1. The fourth-order valence-corrected chi connectivity index (χ4v) is 3.51. The van der Waals surface area contributed by atoms with Crippen LogP contribution < -0.4 is 16.0 Å². The zero-order chi connectivity index (χ0) is 21.1. The van der Waals surface area contributed by atoms with Crippen molar-refractivity contribution in [3.8, 4) is 0 Å². The molecule has 8 nitrogen and oxygen atoms in total. The van der Waals surface area contributed by atoms with Crippen molar-refractivity contribution in [1.82, 2.24) is 4.90 Å². The smallest absolute Gasteiger partial charge is 0.265 e. The fraction of sp³-hybridized carbons (Fsp3) is 0.526. The Labute approximate surface area is 167 Å². The molecule has 29 heavy (non-hydrogen) atoms. The largest absolute Gasteiger partial charge is 0.370 e. The first-order chi connectivity index (χ1) is 13.8. The first kappa shape index (κ1) is 21.1. The van der Waals surface area contributed by atoms with E-state index in [4.69, 9.17) is 10.5 Å². The van der Waals surface area contributed by atoms with E-state index in [2.05, 4.69) is 5.32 Å². The normalized spacial score (nSPS) is 18.2. The maximum absolute atomic E-state index is 13.7. The van der Waals surface area contributed by atoms with Crippen molar-refractivity contribution in [1.29, 1.82) is 0 Å². The summed E-state index contributed by atoms with van der Waals surface area (Å²) in [5.41, 5.74) is 5.16. The summed E-state index contributed by atoms with van der Waals surface area (Å²) in [6.45, 7) is 2.69. The summed E-state index contributed by atoms with van der Waals surface area (Å²) >= 11 is 0. The van der Waals surface area contributed by atoms with Gasteiger partial charge in [-0.2, -0.15) is 0 Å². The second kappa shape index (κ2) is 8.83. The maximum Gasteiger partial charge on any atom is 0.265 e. The minimum Gasteiger partial charge on any atom is -0.370 e. The van der Waals surface area contributed by atoms with Crippen LogP contribution in [0.4, 0.5) is 20.2 Å². The van der Waals surface area contributed by atoms with E-state index in [1.807, 2.05) is 0 Å². The lowest BCUT2D eigenvalue weighted by Crippen LogP contribution is -2.53. The SMILES string of the molecule is CCN(C1CC1)[C@@H](C(N)=O)C(=O)Nc1ccc(N2CCOCC2=O)cc1C(F)F. The second-order valence-electron chi connectivity index (χ2n) is 7.03. The van der Waals surface area contributed by atoms with Gasteiger partial charge in [-0.05, 0) is 37.6 Å². The Hall–Kier alpha value is -2.59. The van der Waals surface area contributed by atoms with E-state index >= 15 is 0 Å². The van der Waals surface area contributed by atoms with Gasteiger partial charge in [0, 0.05) is 29.5 Å². The molecule has 158 valence electrons. The summed E-state index contributed by atoms with van der Waals surface area (Å²) in [6, 6.07) is 2.80. The average molecular weight is 410 g/mol. The zero-order valence-corrected chi connectivity index (χ0v) is 16.1. The fourth-order valence-electron chi connectivity index (χ4n) is 3.51. The van der Waals surface area contributed by atoms with Crippen molar-refractivity contribution < 1.29 is 27.9 Å². The third-order valence-corrected chi connectivity index (χ3v) is 5.06. The molecule has 1 atom stereocenters. The van der Waals surface area contributed by atoms with Crippen molar-refractivity contribution in [3.05, 3.63) is 23.8 Å². The van der Waals surface area contributed by atoms with E-state index in [9.17, 15) is 23.2 Å². The molecule has 10 heteroatoms. The van der Waals surface area contributed by atoms with Crippen molar-refractivity contribution in [2.24, 2.45) is 5.73 Å². The number of ether oxygens (including phenoxy) is 1. The predicted octanol–water partition coefficient (Wildman–Crippen LogP) is 1.26. The number of carbonyl (C=O) groups excluding carboxylic acids is 3. The molecule has 1 aromatic carbocycles. The monoisotopic (exact) mass is 410 g/mol. The van der Waals surface area contributed by atoms with Crippen LogP contribution >= 0.6 is 0 Å². The highest BCUT2D eigenvalue weighted by Crippen LogP contribution is 2.33. The molecule has 3 amide bonds. The summed E-state index contributed by atoms with van der Waals surface area (Å²) in [6.07, 6.45) is -1.18. The van der Waals surface area contributed by atoms with Gasteiger partial charge in [-0.25, -0.2) is 8.78 Å². The van der Waals surface area contributed by atoms with E-state index in [1.54, 1.807) is 11.8 Å². The van der Waals surface area contributed by atoms with Crippen molar-refractivity contribution >= 4 is 29.1 Å². The second-order valence-corrected chi connectivity index (χ2v) is 7.03. The van der Waals surface area contributed by atoms with Gasteiger partial charge in [0.2, 0.25) is 5.91 Å². The quantitative estimate of drug-likeness (QED) is 0.628.